The second-order valence-electron chi connectivity index (χ2n) is 5.20. The van der Waals surface area contributed by atoms with Crippen molar-refractivity contribution >= 4 is 22.7 Å². The molecule has 0 saturated carbocycles. The van der Waals surface area contributed by atoms with E-state index in [1.54, 1.807) is 19.1 Å². The first kappa shape index (κ1) is 15.0. The minimum Gasteiger partial charge on any atom is -0.466 e. The number of H-pyrrole nitrogens is 1. The number of hydrogen-bond donors (Lipinski definition) is 1. The van der Waals surface area contributed by atoms with E-state index in [0.29, 0.717) is 23.4 Å². The van der Waals surface area contributed by atoms with Gasteiger partial charge in [0.15, 0.2) is 0 Å². The molecule has 0 aliphatic rings. The van der Waals surface area contributed by atoms with Gasteiger partial charge >= 0.3 is 5.97 Å². The predicted octanol–water partition coefficient (Wildman–Crippen LogP) is 3.50. The van der Waals surface area contributed by atoms with Crippen LogP contribution in [-0.2, 0) is 16.0 Å². The molecule has 3 aromatic rings. The normalized spacial score (nSPS) is 10.7. The molecule has 23 heavy (non-hydrogen) atoms. The average Bonchev–Trinajstić information content (AvgIpc) is 2.94. The van der Waals surface area contributed by atoms with Gasteiger partial charge in [0.05, 0.1) is 18.7 Å². The zero-order valence-corrected chi connectivity index (χ0v) is 12.8. The molecule has 0 fully saturated rings. The lowest BCUT2D eigenvalue weighted by Gasteiger charge is -2.05. The predicted molar refractivity (Wildman–Crippen MR) is 88.5 cm³/mol. The lowest BCUT2D eigenvalue weighted by atomic mass is 10.0. The maximum atomic E-state index is 12.8. The molecule has 0 bridgehead atoms. The molecule has 0 radical (unpaired) electrons. The van der Waals surface area contributed by atoms with Gasteiger partial charge in [-0.2, -0.15) is 0 Å². The van der Waals surface area contributed by atoms with Crippen LogP contribution < -0.4 is 0 Å². The number of aromatic nitrogens is 1. The molecule has 4 nitrogen and oxygen atoms in total. The standard InChI is InChI=1S/C19H17NO3/c1-2-23-17(21)12-15-14-10-6-7-11-16(14)20-18(15)19(22)13-8-4-3-5-9-13/h3-11,20H,2,12H2,1H3. The van der Waals surface area contributed by atoms with Crippen molar-refractivity contribution in [3.8, 4) is 0 Å². The number of nitrogens with one attached hydrogen (secondary N) is 1. The van der Waals surface area contributed by atoms with Crippen molar-refractivity contribution in [3.63, 3.8) is 0 Å². The number of esters is 1. The van der Waals surface area contributed by atoms with Gasteiger partial charge in [0.2, 0.25) is 5.78 Å². The molecule has 0 aliphatic carbocycles. The Morgan fingerprint density at radius 3 is 2.43 bits per heavy atom. The van der Waals surface area contributed by atoms with E-state index in [0.717, 1.165) is 10.9 Å². The number of rotatable bonds is 5. The number of ether oxygens (including phenoxy) is 1. The molecule has 0 atom stereocenters. The Bertz CT molecular complexity index is 849. The van der Waals surface area contributed by atoms with Gasteiger partial charge in [0, 0.05) is 22.0 Å². The SMILES string of the molecule is CCOC(=O)Cc1c(C(=O)c2ccccc2)[nH]c2ccccc12. The molecule has 3 rings (SSSR count). The third-order valence-corrected chi connectivity index (χ3v) is 3.70. The first-order valence-corrected chi connectivity index (χ1v) is 7.55. The van der Waals surface area contributed by atoms with Gasteiger partial charge < -0.3 is 9.72 Å². The summed E-state index contributed by atoms with van der Waals surface area (Å²) in [5.41, 5.74) is 2.56. The number of aromatic amines is 1. The fourth-order valence-corrected chi connectivity index (χ4v) is 2.67. The van der Waals surface area contributed by atoms with Crippen molar-refractivity contribution in [2.45, 2.75) is 13.3 Å². The minimum atomic E-state index is -0.334. The summed E-state index contributed by atoms with van der Waals surface area (Å²) in [6, 6.07) is 16.6. The molecule has 116 valence electrons. The number of para-hydroxylation sites is 1. The molecule has 0 amide bonds. The van der Waals surface area contributed by atoms with Gasteiger partial charge in [-0.15, -0.1) is 0 Å². The zero-order chi connectivity index (χ0) is 16.2. The number of fused-ring (bicyclic) bond motifs is 1. The van der Waals surface area contributed by atoms with Crippen molar-refractivity contribution in [1.29, 1.82) is 0 Å². The smallest absolute Gasteiger partial charge is 0.310 e. The van der Waals surface area contributed by atoms with Gasteiger partial charge in [0.1, 0.15) is 0 Å². The number of ketones is 1. The van der Waals surface area contributed by atoms with E-state index < -0.39 is 0 Å². The van der Waals surface area contributed by atoms with E-state index in [2.05, 4.69) is 4.98 Å². The highest BCUT2D eigenvalue weighted by Crippen LogP contribution is 2.25. The van der Waals surface area contributed by atoms with Crippen LogP contribution in [0.15, 0.2) is 54.6 Å². The van der Waals surface area contributed by atoms with Crippen LogP contribution in [0.5, 0.6) is 0 Å². The maximum Gasteiger partial charge on any atom is 0.310 e. The van der Waals surface area contributed by atoms with Crippen LogP contribution in [0.1, 0.15) is 28.5 Å². The lowest BCUT2D eigenvalue weighted by Crippen LogP contribution is -2.11. The van der Waals surface area contributed by atoms with Crippen molar-refractivity contribution in [2.75, 3.05) is 6.61 Å². The average molecular weight is 307 g/mol. The van der Waals surface area contributed by atoms with Crippen LogP contribution >= 0.6 is 0 Å². The van der Waals surface area contributed by atoms with Crippen LogP contribution in [0, 0.1) is 0 Å². The Labute approximate surface area is 134 Å². The van der Waals surface area contributed by atoms with Crippen LogP contribution in [0.4, 0.5) is 0 Å². The third kappa shape index (κ3) is 3.01. The third-order valence-electron chi connectivity index (χ3n) is 3.70. The van der Waals surface area contributed by atoms with Crippen LogP contribution in [-0.4, -0.2) is 23.3 Å². The second-order valence-corrected chi connectivity index (χ2v) is 5.20. The van der Waals surface area contributed by atoms with E-state index in [4.69, 9.17) is 4.74 Å². The molecule has 0 saturated heterocycles. The van der Waals surface area contributed by atoms with Crippen molar-refractivity contribution in [3.05, 3.63) is 71.4 Å². The van der Waals surface area contributed by atoms with E-state index in [1.807, 2.05) is 42.5 Å². The molecule has 2 aromatic carbocycles. The fourth-order valence-electron chi connectivity index (χ4n) is 2.67. The number of carbonyl (C=O) groups is 2. The summed E-state index contributed by atoms with van der Waals surface area (Å²) in [5, 5.41) is 0.875. The van der Waals surface area contributed by atoms with Crippen molar-refractivity contribution in [2.24, 2.45) is 0 Å². The summed E-state index contributed by atoms with van der Waals surface area (Å²) < 4.78 is 5.04. The quantitative estimate of drug-likeness (QED) is 0.579. The Hall–Kier alpha value is -2.88. The van der Waals surface area contributed by atoms with Crippen LogP contribution in [0.2, 0.25) is 0 Å². The highest BCUT2D eigenvalue weighted by Gasteiger charge is 2.21. The highest BCUT2D eigenvalue weighted by molar-refractivity contribution is 6.12. The van der Waals surface area contributed by atoms with E-state index in [-0.39, 0.29) is 18.2 Å². The Kier molecular flexibility index (Phi) is 4.24. The summed E-state index contributed by atoms with van der Waals surface area (Å²) >= 11 is 0. The summed E-state index contributed by atoms with van der Waals surface area (Å²) in [5.74, 6) is -0.458. The number of carbonyl (C=O) groups excluding carboxylic acids is 2. The van der Waals surface area contributed by atoms with Gasteiger partial charge in [-0.05, 0) is 13.0 Å². The molecule has 4 heteroatoms. The lowest BCUT2D eigenvalue weighted by molar-refractivity contribution is -0.142. The monoisotopic (exact) mass is 307 g/mol. The molecule has 1 heterocycles. The van der Waals surface area contributed by atoms with Gasteiger partial charge in [-0.1, -0.05) is 48.5 Å². The van der Waals surface area contributed by atoms with E-state index in [9.17, 15) is 9.59 Å². The van der Waals surface area contributed by atoms with E-state index in [1.165, 1.54) is 0 Å². The first-order chi connectivity index (χ1) is 11.2. The topological polar surface area (TPSA) is 59.2 Å². The summed E-state index contributed by atoms with van der Waals surface area (Å²) in [6.45, 7) is 2.09. The summed E-state index contributed by atoms with van der Waals surface area (Å²) in [4.78, 5) is 27.9. The summed E-state index contributed by atoms with van der Waals surface area (Å²) in [6.07, 6.45) is 0.0752. The molecule has 1 aromatic heterocycles. The maximum absolute atomic E-state index is 12.8. The van der Waals surface area contributed by atoms with E-state index >= 15 is 0 Å². The molecule has 0 aliphatic heterocycles. The molecule has 1 N–H and O–H groups in total. The first-order valence-electron chi connectivity index (χ1n) is 7.55. The molecule has 0 unspecified atom stereocenters. The minimum absolute atomic E-state index is 0.0752. The van der Waals surface area contributed by atoms with Crippen molar-refractivity contribution in [1.82, 2.24) is 4.98 Å². The van der Waals surface area contributed by atoms with Gasteiger partial charge in [-0.25, -0.2) is 0 Å². The number of hydrogen-bond acceptors (Lipinski definition) is 3. The van der Waals surface area contributed by atoms with Gasteiger partial charge in [-0.3, -0.25) is 9.59 Å². The van der Waals surface area contributed by atoms with Crippen LogP contribution in [0.25, 0.3) is 10.9 Å². The highest BCUT2D eigenvalue weighted by atomic mass is 16.5. The zero-order valence-electron chi connectivity index (χ0n) is 12.8. The van der Waals surface area contributed by atoms with Crippen molar-refractivity contribution < 1.29 is 14.3 Å². The number of benzene rings is 2. The Morgan fingerprint density at radius 2 is 1.70 bits per heavy atom. The largest absolute Gasteiger partial charge is 0.466 e. The summed E-state index contributed by atoms with van der Waals surface area (Å²) in [7, 11) is 0. The molecular weight excluding hydrogens is 290 g/mol. The Balaban J connectivity index is 2.08. The molecule has 0 spiro atoms. The Morgan fingerprint density at radius 1 is 1.00 bits per heavy atom. The van der Waals surface area contributed by atoms with Gasteiger partial charge in [0.25, 0.3) is 0 Å². The fraction of sp³-hybridized carbons (Fsp3) is 0.158. The second kappa shape index (κ2) is 6.48. The van der Waals surface area contributed by atoms with Crippen LogP contribution in [0.3, 0.4) is 0 Å². The molecular formula is C19H17NO3.